The van der Waals surface area contributed by atoms with Gasteiger partial charge in [-0.05, 0) is 123 Å². The summed E-state index contributed by atoms with van der Waals surface area (Å²) < 4.78 is 16.3. The Labute approximate surface area is 295 Å². The van der Waals surface area contributed by atoms with E-state index in [1.807, 2.05) is 26.0 Å². The highest BCUT2D eigenvalue weighted by Gasteiger charge is 2.44. The maximum absolute atomic E-state index is 14.6. The van der Waals surface area contributed by atoms with Gasteiger partial charge in [0.15, 0.2) is 0 Å². The number of halogens is 2. The number of aromatic nitrogens is 1. The fourth-order valence-corrected chi connectivity index (χ4v) is 7.64. The Morgan fingerprint density at radius 3 is 2.27 bits per heavy atom. The molecule has 1 aliphatic heterocycles. The van der Waals surface area contributed by atoms with E-state index in [0.29, 0.717) is 40.6 Å². The Kier molecular flexibility index (Phi) is 13.2. The fraction of sp³-hybridized carbons (Fsp3) is 0.513. The van der Waals surface area contributed by atoms with Gasteiger partial charge in [-0.2, -0.15) is 0 Å². The van der Waals surface area contributed by atoms with Gasteiger partial charge in [-0.1, -0.05) is 38.3 Å². The molecule has 0 bridgehead atoms. The number of amides is 1. The van der Waals surface area contributed by atoms with Gasteiger partial charge in [0.05, 0.1) is 6.42 Å². The highest BCUT2D eigenvalue weighted by atomic mass is 35.5. The Balaban J connectivity index is 0.000000221. The number of carbonyl (C=O) groups excluding carboxylic acids is 1. The van der Waals surface area contributed by atoms with E-state index >= 15 is 0 Å². The number of nitrogens with zero attached hydrogens (tertiary/aromatic N) is 2. The molecule has 49 heavy (non-hydrogen) atoms. The Bertz CT molecular complexity index is 1670. The van der Waals surface area contributed by atoms with E-state index in [1.54, 1.807) is 49.0 Å². The van der Waals surface area contributed by atoms with Crippen molar-refractivity contribution in [1.82, 2.24) is 20.1 Å². The number of carbonyl (C=O) groups is 2. The van der Waals surface area contributed by atoms with E-state index in [1.165, 1.54) is 38.8 Å². The minimum absolute atomic E-state index is 0.180. The van der Waals surface area contributed by atoms with Crippen molar-refractivity contribution < 1.29 is 19.1 Å². The van der Waals surface area contributed by atoms with Crippen LogP contribution in [0.5, 0.6) is 0 Å². The standard InChI is InChI=1S/C20H31N3O2.C19H21ClFNO2/c1-16(2)7-10-21-18(24)17-6-5-11-23(19(17)25)13-12-22-14-20(15-22)8-3-4-9-20;1-10-6-14(20)7-11(2)18(10)13-5-12(3)19(21)15(8-13)16(22-4)9-17(23)24/h5-6,11,16H,3-4,7-10,12-15H2,1-2H3,(H,21,24);5-8,16,22H,9H2,1-4H3,(H,23,24). The molecule has 10 heteroatoms. The first-order valence-electron chi connectivity index (χ1n) is 17.4. The summed E-state index contributed by atoms with van der Waals surface area (Å²) in [7, 11) is 1.63. The van der Waals surface area contributed by atoms with Crippen molar-refractivity contribution in [2.24, 2.45) is 11.3 Å². The summed E-state index contributed by atoms with van der Waals surface area (Å²) in [6.45, 7) is 14.4. The molecule has 0 radical (unpaired) electrons. The third-order valence-corrected chi connectivity index (χ3v) is 10.1. The summed E-state index contributed by atoms with van der Waals surface area (Å²) in [6.07, 6.45) is 8.02. The van der Waals surface area contributed by atoms with E-state index in [9.17, 15) is 18.8 Å². The average molecular weight is 695 g/mol. The molecule has 1 saturated carbocycles. The van der Waals surface area contributed by atoms with Gasteiger partial charge >= 0.3 is 5.97 Å². The van der Waals surface area contributed by atoms with Crippen LogP contribution in [0, 0.1) is 37.9 Å². The number of rotatable bonds is 12. The number of carboxylic acid groups (broad SMARTS) is 1. The number of pyridine rings is 1. The van der Waals surface area contributed by atoms with Crippen LogP contribution in [0.2, 0.25) is 5.02 Å². The predicted octanol–water partition coefficient (Wildman–Crippen LogP) is 7.31. The second-order valence-corrected chi connectivity index (χ2v) is 14.8. The van der Waals surface area contributed by atoms with Crippen LogP contribution >= 0.6 is 11.6 Å². The molecule has 3 N–H and O–H groups in total. The summed E-state index contributed by atoms with van der Waals surface area (Å²) in [5.41, 5.74) is 5.36. The molecule has 1 saturated heterocycles. The zero-order valence-electron chi connectivity index (χ0n) is 29.8. The van der Waals surface area contributed by atoms with Crippen molar-refractivity contribution in [3.8, 4) is 11.1 Å². The third kappa shape index (κ3) is 9.80. The van der Waals surface area contributed by atoms with Crippen LogP contribution in [0.3, 0.4) is 0 Å². The van der Waals surface area contributed by atoms with Gasteiger partial charge in [0.2, 0.25) is 0 Å². The van der Waals surface area contributed by atoms with Crippen LogP contribution < -0.4 is 16.2 Å². The molecule has 266 valence electrons. The molecule has 1 spiro atoms. The summed E-state index contributed by atoms with van der Waals surface area (Å²) in [5, 5.41) is 15.5. The smallest absolute Gasteiger partial charge is 0.305 e. The van der Waals surface area contributed by atoms with Gasteiger partial charge in [0, 0.05) is 55.5 Å². The minimum atomic E-state index is -0.976. The normalized spacial score (nSPS) is 15.9. The summed E-state index contributed by atoms with van der Waals surface area (Å²) in [4.78, 5) is 38.3. The lowest BCUT2D eigenvalue weighted by Crippen LogP contribution is -2.55. The van der Waals surface area contributed by atoms with Crippen LogP contribution in [0.1, 0.15) is 91.0 Å². The van der Waals surface area contributed by atoms with Crippen LogP contribution in [-0.4, -0.2) is 59.7 Å². The number of likely N-dealkylation sites (tertiary alicyclic amines) is 1. The first-order chi connectivity index (χ1) is 23.2. The molecule has 2 aliphatic rings. The van der Waals surface area contributed by atoms with Gasteiger partial charge in [-0.25, -0.2) is 4.39 Å². The fourth-order valence-electron chi connectivity index (χ4n) is 7.31. The van der Waals surface area contributed by atoms with Crippen LogP contribution in [-0.2, 0) is 11.3 Å². The molecule has 5 rings (SSSR count). The predicted molar refractivity (Wildman–Crippen MR) is 195 cm³/mol. The SMILES string of the molecule is CC(C)CCNC(=O)c1cccn(CCN2CC3(CCCC3)C2)c1=O.CNC(CC(=O)O)c1cc(-c2c(C)cc(Cl)cc2C)cc(C)c1F. The highest BCUT2D eigenvalue weighted by molar-refractivity contribution is 6.30. The lowest BCUT2D eigenvalue weighted by molar-refractivity contribution is -0.137. The van der Waals surface area contributed by atoms with Crippen LogP contribution in [0.25, 0.3) is 11.1 Å². The Hall–Kier alpha value is -3.53. The van der Waals surface area contributed by atoms with E-state index in [4.69, 9.17) is 16.7 Å². The van der Waals surface area contributed by atoms with Gasteiger partial charge in [-0.3, -0.25) is 14.4 Å². The molecule has 1 atom stereocenters. The van der Waals surface area contributed by atoms with Crippen LogP contribution in [0.4, 0.5) is 4.39 Å². The van der Waals surface area contributed by atoms with Crippen molar-refractivity contribution >= 4 is 23.5 Å². The zero-order valence-corrected chi connectivity index (χ0v) is 30.6. The number of aliphatic carboxylic acids is 1. The molecule has 2 aromatic carbocycles. The topological polar surface area (TPSA) is 104 Å². The Morgan fingerprint density at radius 1 is 1.02 bits per heavy atom. The second kappa shape index (κ2) is 16.9. The third-order valence-electron chi connectivity index (χ3n) is 9.88. The molecule has 1 unspecified atom stereocenters. The second-order valence-electron chi connectivity index (χ2n) is 14.3. The first kappa shape index (κ1) is 38.3. The molecular formula is C39H52ClFN4O4. The zero-order chi connectivity index (χ0) is 35.9. The number of aryl methyl sites for hydroxylation is 3. The van der Waals surface area contributed by atoms with Crippen molar-refractivity contribution in [2.45, 2.75) is 85.7 Å². The molecule has 2 heterocycles. The molecule has 1 aliphatic carbocycles. The number of hydrogen-bond acceptors (Lipinski definition) is 5. The number of benzene rings is 2. The van der Waals surface area contributed by atoms with Crippen molar-refractivity contribution in [3.05, 3.63) is 91.6 Å². The number of carboxylic acids is 1. The molecule has 1 amide bonds. The minimum Gasteiger partial charge on any atom is -0.481 e. The number of nitrogens with one attached hydrogen (secondary N) is 2. The lowest BCUT2D eigenvalue weighted by atomic mass is 9.78. The summed E-state index contributed by atoms with van der Waals surface area (Å²) in [6, 6.07) is 10.1. The van der Waals surface area contributed by atoms with E-state index in [2.05, 4.69) is 29.4 Å². The van der Waals surface area contributed by atoms with Gasteiger partial charge in [0.1, 0.15) is 11.4 Å². The maximum Gasteiger partial charge on any atom is 0.305 e. The molecule has 3 aromatic rings. The number of hydrogen-bond donors (Lipinski definition) is 3. The molecular weight excluding hydrogens is 643 g/mol. The van der Waals surface area contributed by atoms with Gasteiger partial charge < -0.3 is 25.2 Å². The quantitative estimate of drug-likeness (QED) is 0.184. The van der Waals surface area contributed by atoms with Gasteiger partial charge in [0.25, 0.3) is 11.5 Å². The molecule has 2 fully saturated rings. The van der Waals surface area contributed by atoms with Crippen LogP contribution in [0.15, 0.2) is 47.4 Å². The maximum atomic E-state index is 14.6. The highest BCUT2D eigenvalue weighted by Crippen LogP contribution is 2.45. The average Bonchev–Trinajstić information content (AvgIpc) is 3.50. The van der Waals surface area contributed by atoms with E-state index in [0.717, 1.165) is 35.2 Å². The van der Waals surface area contributed by atoms with Crippen molar-refractivity contribution in [3.63, 3.8) is 0 Å². The summed E-state index contributed by atoms with van der Waals surface area (Å²) in [5.74, 6) is -1.07. The monoisotopic (exact) mass is 694 g/mol. The lowest BCUT2D eigenvalue weighted by Gasteiger charge is -2.48. The van der Waals surface area contributed by atoms with Crippen molar-refractivity contribution in [1.29, 1.82) is 0 Å². The largest absolute Gasteiger partial charge is 0.481 e. The summed E-state index contributed by atoms with van der Waals surface area (Å²) >= 11 is 6.09. The first-order valence-corrected chi connectivity index (χ1v) is 17.8. The van der Waals surface area contributed by atoms with E-state index < -0.39 is 12.0 Å². The molecule has 1 aromatic heterocycles. The van der Waals surface area contributed by atoms with E-state index in [-0.39, 0.29) is 29.3 Å². The Morgan fingerprint density at radius 2 is 1.67 bits per heavy atom. The molecule has 8 nitrogen and oxygen atoms in total. The van der Waals surface area contributed by atoms with Gasteiger partial charge in [-0.15, -0.1) is 0 Å². The van der Waals surface area contributed by atoms with Crippen molar-refractivity contribution in [2.75, 3.05) is 33.2 Å².